The summed E-state index contributed by atoms with van der Waals surface area (Å²) in [6.07, 6.45) is 9.59. The van der Waals surface area contributed by atoms with Crippen LogP contribution >= 0.6 is 0 Å². The second-order valence-corrected chi connectivity index (χ2v) is 7.96. The summed E-state index contributed by atoms with van der Waals surface area (Å²) in [6, 6.07) is 2.00. The Bertz CT molecular complexity index is 332. The minimum absolute atomic E-state index is 0.449. The summed E-state index contributed by atoms with van der Waals surface area (Å²) in [5.74, 6) is 1.67. The van der Waals surface area contributed by atoms with Gasteiger partial charge in [-0.1, -0.05) is 19.8 Å². The second-order valence-electron chi connectivity index (χ2n) is 7.96. The van der Waals surface area contributed by atoms with Gasteiger partial charge >= 0.3 is 0 Å². The molecule has 2 heterocycles. The molecule has 1 saturated carbocycles. The fraction of sp³-hybridized carbons (Fsp3) is 1.00. The number of piperazine rings is 1. The molecule has 3 fully saturated rings. The van der Waals surface area contributed by atoms with Crippen molar-refractivity contribution in [3.05, 3.63) is 0 Å². The lowest BCUT2D eigenvalue weighted by molar-refractivity contribution is 0.000722. The third-order valence-corrected chi connectivity index (χ3v) is 6.51. The zero-order chi connectivity index (χ0) is 14.8. The monoisotopic (exact) mass is 293 g/mol. The summed E-state index contributed by atoms with van der Waals surface area (Å²) in [7, 11) is 0. The van der Waals surface area contributed by atoms with Crippen LogP contribution in [0.15, 0.2) is 0 Å². The van der Waals surface area contributed by atoms with Gasteiger partial charge in [0.2, 0.25) is 0 Å². The first-order chi connectivity index (χ1) is 10.2. The van der Waals surface area contributed by atoms with Gasteiger partial charge in [0.25, 0.3) is 0 Å². The van der Waals surface area contributed by atoms with Gasteiger partial charge in [0, 0.05) is 37.8 Å². The van der Waals surface area contributed by atoms with Crippen LogP contribution in [0.1, 0.15) is 58.8 Å². The number of fused-ring (bicyclic) bond motifs is 1. The van der Waals surface area contributed by atoms with Gasteiger partial charge in [-0.2, -0.15) is 0 Å². The molecule has 2 saturated heterocycles. The molecule has 0 bridgehead atoms. The van der Waals surface area contributed by atoms with Crippen molar-refractivity contribution in [3.8, 4) is 0 Å². The summed E-state index contributed by atoms with van der Waals surface area (Å²) in [5, 5.41) is 0. The van der Waals surface area contributed by atoms with Crippen molar-refractivity contribution in [2.75, 3.05) is 26.2 Å². The highest BCUT2D eigenvalue weighted by molar-refractivity contribution is 4.92. The lowest BCUT2D eigenvalue weighted by Crippen LogP contribution is -2.60. The molecule has 122 valence electrons. The third-order valence-electron chi connectivity index (χ3n) is 6.51. The van der Waals surface area contributed by atoms with Crippen molar-refractivity contribution in [2.24, 2.45) is 17.6 Å². The molecular weight excluding hydrogens is 258 g/mol. The van der Waals surface area contributed by atoms with E-state index in [0.717, 1.165) is 17.9 Å². The van der Waals surface area contributed by atoms with Crippen LogP contribution in [-0.2, 0) is 0 Å². The highest BCUT2D eigenvalue weighted by Gasteiger charge is 2.36. The van der Waals surface area contributed by atoms with E-state index in [-0.39, 0.29) is 0 Å². The summed E-state index contributed by atoms with van der Waals surface area (Å²) >= 11 is 0. The molecule has 0 aromatic rings. The minimum Gasteiger partial charge on any atom is -0.327 e. The average Bonchev–Trinajstić information content (AvgIpc) is 2.50. The highest BCUT2D eigenvalue weighted by Crippen LogP contribution is 2.32. The van der Waals surface area contributed by atoms with Crippen molar-refractivity contribution in [1.82, 2.24) is 9.80 Å². The van der Waals surface area contributed by atoms with Crippen LogP contribution in [0.5, 0.6) is 0 Å². The van der Waals surface area contributed by atoms with E-state index in [0.29, 0.717) is 12.1 Å². The van der Waals surface area contributed by atoms with Gasteiger partial charge in [-0.25, -0.2) is 0 Å². The molecule has 5 atom stereocenters. The Balaban J connectivity index is 1.58. The number of piperidine rings is 1. The summed E-state index contributed by atoms with van der Waals surface area (Å²) in [6.45, 7) is 9.94. The number of hydrogen-bond donors (Lipinski definition) is 1. The Hall–Kier alpha value is -0.120. The number of nitrogens with zero attached hydrogens (tertiary/aromatic N) is 2. The Kier molecular flexibility index (Phi) is 5.23. The Morgan fingerprint density at radius 3 is 2.76 bits per heavy atom. The maximum atomic E-state index is 6.45. The standard InChI is InChI=1S/C18H35N3/c1-3-15-7-8-18(19)16(10-15)12-21-13-17-6-4-5-9-20(17)11-14(21)2/h14-18H,3-13,19H2,1-2H3. The number of rotatable bonds is 3. The molecule has 21 heavy (non-hydrogen) atoms. The molecule has 0 aromatic heterocycles. The van der Waals surface area contributed by atoms with Crippen LogP contribution in [0.4, 0.5) is 0 Å². The third kappa shape index (κ3) is 3.62. The van der Waals surface area contributed by atoms with E-state index < -0.39 is 0 Å². The molecular formula is C18H35N3. The van der Waals surface area contributed by atoms with Crippen molar-refractivity contribution in [2.45, 2.75) is 76.9 Å². The Morgan fingerprint density at radius 2 is 1.95 bits per heavy atom. The summed E-state index contributed by atoms with van der Waals surface area (Å²) in [4.78, 5) is 5.52. The lowest BCUT2D eigenvalue weighted by Gasteiger charge is -2.49. The van der Waals surface area contributed by atoms with Gasteiger partial charge in [-0.3, -0.25) is 9.80 Å². The smallest absolute Gasteiger partial charge is 0.0223 e. The van der Waals surface area contributed by atoms with E-state index >= 15 is 0 Å². The zero-order valence-corrected chi connectivity index (χ0v) is 14.1. The molecule has 2 aliphatic heterocycles. The number of hydrogen-bond acceptors (Lipinski definition) is 3. The first-order valence-electron chi connectivity index (χ1n) is 9.41. The first kappa shape index (κ1) is 15.8. The van der Waals surface area contributed by atoms with Gasteiger partial charge in [0.1, 0.15) is 0 Å². The molecule has 3 aliphatic rings. The second kappa shape index (κ2) is 6.97. The van der Waals surface area contributed by atoms with Crippen LogP contribution in [0, 0.1) is 11.8 Å². The molecule has 0 aromatic carbocycles. The van der Waals surface area contributed by atoms with Gasteiger partial charge < -0.3 is 5.73 Å². The van der Waals surface area contributed by atoms with Gasteiger partial charge in [0.05, 0.1) is 0 Å². The van der Waals surface area contributed by atoms with E-state index in [9.17, 15) is 0 Å². The van der Waals surface area contributed by atoms with Crippen LogP contribution < -0.4 is 5.73 Å². The summed E-state index contributed by atoms with van der Waals surface area (Å²) in [5.41, 5.74) is 6.45. The van der Waals surface area contributed by atoms with Crippen molar-refractivity contribution >= 4 is 0 Å². The van der Waals surface area contributed by atoms with Crippen molar-refractivity contribution in [3.63, 3.8) is 0 Å². The average molecular weight is 293 g/mol. The highest BCUT2D eigenvalue weighted by atomic mass is 15.3. The van der Waals surface area contributed by atoms with E-state index in [4.69, 9.17) is 5.73 Å². The summed E-state index contributed by atoms with van der Waals surface area (Å²) < 4.78 is 0. The maximum Gasteiger partial charge on any atom is 0.0223 e. The topological polar surface area (TPSA) is 32.5 Å². The molecule has 3 heteroatoms. The fourth-order valence-electron chi connectivity index (χ4n) is 4.93. The van der Waals surface area contributed by atoms with Crippen molar-refractivity contribution in [1.29, 1.82) is 0 Å². The molecule has 5 unspecified atom stereocenters. The zero-order valence-electron chi connectivity index (χ0n) is 14.1. The quantitative estimate of drug-likeness (QED) is 0.868. The first-order valence-corrected chi connectivity index (χ1v) is 9.41. The van der Waals surface area contributed by atoms with Crippen LogP contribution in [0.3, 0.4) is 0 Å². The van der Waals surface area contributed by atoms with E-state index in [1.54, 1.807) is 0 Å². The SMILES string of the molecule is CCC1CCC(N)C(CN2CC3CCCCN3CC2C)C1. The van der Waals surface area contributed by atoms with Crippen LogP contribution in [0.25, 0.3) is 0 Å². The Labute approximate surface area is 131 Å². The number of nitrogens with two attached hydrogens (primary N) is 1. The predicted octanol–water partition coefficient (Wildman–Crippen LogP) is 2.70. The lowest BCUT2D eigenvalue weighted by atomic mass is 9.77. The molecule has 1 aliphatic carbocycles. The fourth-order valence-corrected chi connectivity index (χ4v) is 4.93. The molecule has 0 amide bonds. The largest absolute Gasteiger partial charge is 0.327 e. The van der Waals surface area contributed by atoms with Crippen LogP contribution in [0.2, 0.25) is 0 Å². The molecule has 0 spiro atoms. The van der Waals surface area contributed by atoms with Crippen LogP contribution in [-0.4, -0.2) is 54.1 Å². The van der Waals surface area contributed by atoms with E-state index in [1.807, 2.05) is 0 Å². The Morgan fingerprint density at radius 1 is 1.10 bits per heavy atom. The van der Waals surface area contributed by atoms with Gasteiger partial charge in [0.15, 0.2) is 0 Å². The molecule has 3 rings (SSSR count). The predicted molar refractivity (Wildman–Crippen MR) is 89.3 cm³/mol. The van der Waals surface area contributed by atoms with Crippen molar-refractivity contribution < 1.29 is 0 Å². The normalized spacial score (nSPS) is 42.7. The van der Waals surface area contributed by atoms with Gasteiger partial charge in [-0.05, 0) is 57.4 Å². The minimum atomic E-state index is 0.449. The molecule has 3 nitrogen and oxygen atoms in total. The van der Waals surface area contributed by atoms with E-state index in [1.165, 1.54) is 71.1 Å². The maximum absolute atomic E-state index is 6.45. The molecule has 0 radical (unpaired) electrons. The van der Waals surface area contributed by atoms with Gasteiger partial charge in [-0.15, -0.1) is 0 Å². The molecule has 2 N–H and O–H groups in total. The van der Waals surface area contributed by atoms with E-state index in [2.05, 4.69) is 23.6 Å².